The Morgan fingerprint density at radius 1 is 1.32 bits per heavy atom. The molecule has 19 heavy (non-hydrogen) atoms. The molecule has 3 nitrogen and oxygen atoms in total. The minimum atomic E-state index is 0.0569. The smallest absolute Gasteiger partial charge is 0.192 e. The van der Waals surface area contributed by atoms with Gasteiger partial charge in [-0.1, -0.05) is 18.2 Å². The van der Waals surface area contributed by atoms with Gasteiger partial charge in [0.05, 0.1) is 18.4 Å². The number of aromatic nitrogens is 1. The van der Waals surface area contributed by atoms with Crippen molar-refractivity contribution in [2.45, 2.75) is 19.8 Å². The molecule has 0 radical (unpaired) electrons. The van der Waals surface area contributed by atoms with Crippen LogP contribution in [0.15, 0.2) is 42.2 Å². The average Bonchev–Trinajstić information content (AvgIpc) is 2.46. The molecule has 0 atom stereocenters. The average molecular weight is 253 g/mol. The third-order valence-electron chi connectivity index (χ3n) is 3.31. The number of aryl methyl sites for hydroxylation is 1. The SMILES string of the molecule is Cc1cc(C(=O)C2=COCCC2)c2ccccc2n1. The molecule has 1 aromatic carbocycles. The number of rotatable bonds is 2. The maximum Gasteiger partial charge on any atom is 0.192 e. The summed E-state index contributed by atoms with van der Waals surface area (Å²) in [6.07, 6.45) is 3.30. The van der Waals surface area contributed by atoms with Gasteiger partial charge >= 0.3 is 0 Å². The summed E-state index contributed by atoms with van der Waals surface area (Å²) in [5, 5.41) is 0.907. The van der Waals surface area contributed by atoms with Crippen LogP contribution in [0.2, 0.25) is 0 Å². The second kappa shape index (κ2) is 4.84. The molecule has 0 spiro atoms. The lowest BCUT2D eigenvalue weighted by molar-refractivity contribution is 0.101. The fourth-order valence-electron chi connectivity index (χ4n) is 2.40. The Morgan fingerprint density at radius 3 is 2.95 bits per heavy atom. The topological polar surface area (TPSA) is 39.2 Å². The number of pyridine rings is 1. The molecule has 0 N–H and O–H groups in total. The summed E-state index contributed by atoms with van der Waals surface area (Å²) in [4.78, 5) is 17.1. The van der Waals surface area contributed by atoms with Crippen LogP contribution in [0, 0.1) is 6.92 Å². The van der Waals surface area contributed by atoms with E-state index in [1.807, 2.05) is 37.3 Å². The number of carbonyl (C=O) groups is 1. The number of hydrogen-bond acceptors (Lipinski definition) is 3. The van der Waals surface area contributed by atoms with Gasteiger partial charge in [-0.05, 0) is 31.9 Å². The molecule has 2 aromatic rings. The van der Waals surface area contributed by atoms with Crippen molar-refractivity contribution >= 4 is 16.7 Å². The first-order valence-corrected chi connectivity index (χ1v) is 6.47. The van der Waals surface area contributed by atoms with E-state index in [0.29, 0.717) is 6.61 Å². The second-order valence-electron chi connectivity index (χ2n) is 4.77. The van der Waals surface area contributed by atoms with Crippen LogP contribution < -0.4 is 0 Å². The number of carbonyl (C=O) groups excluding carboxylic acids is 1. The van der Waals surface area contributed by atoms with Crippen LogP contribution in [0.25, 0.3) is 10.9 Å². The number of Topliss-reactive ketones (excluding diaryl/α,β-unsaturated/α-hetero) is 1. The van der Waals surface area contributed by atoms with Gasteiger partial charge < -0.3 is 4.74 Å². The highest BCUT2D eigenvalue weighted by atomic mass is 16.5. The summed E-state index contributed by atoms with van der Waals surface area (Å²) in [7, 11) is 0. The summed E-state index contributed by atoms with van der Waals surface area (Å²) in [5.74, 6) is 0.0569. The van der Waals surface area contributed by atoms with Crippen LogP contribution in [0.3, 0.4) is 0 Å². The van der Waals surface area contributed by atoms with Crippen molar-refractivity contribution in [1.82, 2.24) is 4.98 Å². The van der Waals surface area contributed by atoms with Gasteiger partial charge in [-0.25, -0.2) is 0 Å². The van der Waals surface area contributed by atoms with Crippen molar-refractivity contribution in [3.05, 3.63) is 53.4 Å². The number of hydrogen-bond donors (Lipinski definition) is 0. The molecular formula is C16H15NO2. The van der Waals surface area contributed by atoms with Gasteiger partial charge in [0.2, 0.25) is 0 Å². The van der Waals surface area contributed by atoms with E-state index in [2.05, 4.69) is 4.98 Å². The highest BCUT2D eigenvalue weighted by molar-refractivity contribution is 6.15. The molecule has 0 amide bonds. The first-order valence-electron chi connectivity index (χ1n) is 6.47. The Balaban J connectivity index is 2.13. The van der Waals surface area contributed by atoms with Crippen molar-refractivity contribution in [1.29, 1.82) is 0 Å². The van der Waals surface area contributed by atoms with Gasteiger partial charge in [-0.15, -0.1) is 0 Å². The molecule has 96 valence electrons. The van der Waals surface area contributed by atoms with Crippen molar-refractivity contribution in [3.63, 3.8) is 0 Å². The molecule has 3 heteroatoms. The van der Waals surface area contributed by atoms with Crippen LogP contribution in [-0.2, 0) is 4.74 Å². The van der Waals surface area contributed by atoms with Crippen molar-refractivity contribution in [2.75, 3.05) is 6.61 Å². The highest BCUT2D eigenvalue weighted by Gasteiger charge is 2.18. The molecular weight excluding hydrogens is 238 g/mol. The molecule has 0 bridgehead atoms. The lowest BCUT2D eigenvalue weighted by atomic mass is 9.96. The van der Waals surface area contributed by atoms with E-state index in [1.54, 1.807) is 6.26 Å². The largest absolute Gasteiger partial charge is 0.501 e. The van der Waals surface area contributed by atoms with Crippen LogP contribution in [0.4, 0.5) is 0 Å². The molecule has 2 heterocycles. The highest BCUT2D eigenvalue weighted by Crippen LogP contribution is 2.24. The maximum absolute atomic E-state index is 12.6. The summed E-state index contributed by atoms with van der Waals surface area (Å²) < 4.78 is 5.27. The number of para-hydroxylation sites is 1. The third kappa shape index (κ3) is 2.24. The molecule has 0 saturated carbocycles. The Bertz CT molecular complexity index is 674. The Hall–Kier alpha value is -2.16. The Morgan fingerprint density at radius 2 is 2.16 bits per heavy atom. The minimum absolute atomic E-state index is 0.0569. The van der Waals surface area contributed by atoms with E-state index in [1.165, 1.54) is 0 Å². The van der Waals surface area contributed by atoms with E-state index >= 15 is 0 Å². The number of ether oxygens (including phenoxy) is 1. The summed E-state index contributed by atoms with van der Waals surface area (Å²) >= 11 is 0. The van der Waals surface area contributed by atoms with Crippen molar-refractivity contribution in [3.8, 4) is 0 Å². The lowest BCUT2D eigenvalue weighted by Gasteiger charge is -2.14. The van der Waals surface area contributed by atoms with Crippen LogP contribution >= 0.6 is 0 Å². The normalized spacial score (nSPS) is 14.9. The number of allylic oxidation sites excluding steroid dienone is 1. The Kier molecular flexibility index (Phi) is 3.03. The van der Waals surface area contributed by atoms with Crippen molar-refractivity contribution < 1.29 is 9.53 Å². The van der Waals surface area contributed by atoms with Gasteiger partial charge in [0.25, 0.3) is 0 Å². The van der Waals surface area contributed by atoms with Gasteiger partial charge in [0.1, 0.15) is 0 Å². The fourth-order valence-corrected chi connectivity index (χ4v) is 2.40. The van der Waals surface area contributed by atoms with Gasteiger partial charge in [-0.2, -0.15) is 0 Å². The molecule has 1 aliphatic rings. The first kappa shape index (κ1) is 11.9. The fraction of sp³-hybridized carbons (Fsp3) is 0.250. The lowest BCUT2D eigenvalue weighted by Crippen LogP contribution is -2.10. The van der Waals surface area contributed by atoms with E-state index < -0.39 is 0 Å². The summed E-state index contributed by atoms with van der Waals surface area (Å²) in [5.41, 5.74) is 3.20. The van der Waals surface area contributed by atoms with Crippen molar-refractivity contribution in [2.24, 2.45) is 0 Å². The van der Waals surface area contributed by atoms with E-state index in [9.17, 15) is 4.79 Å². The zero-order valence-electron chi connectivity index (χ0n) is 10.8. The Labute approximate surface area is 111 Å². The predicted molar refractivity (Wildman–Crippen MR) is 74.1 cm³/mol. The summed E-state index contributed by atoms with van der Waals surface area (Å²) in [6, 6.07) is 9.61. The second-order valence-corrected chi connectivity index (χ2v) is 4.77. The molecule has 0 unspecified atom stereocenters. The zero-order valence-corrected chi connectivity index (χ0v) is 10.8. The number of benzene rings is 1. The maximum atomic E-state index is 12.6. The van der Waals surface area contributed by atoms with Gasteiger partial charge in [0, 0.05) is 22.2 Å². The first-order chi connectivity index (χ1) is 9.25. The van der Waals surface area contributed by atoms with Gasteiger partial charge in [-0.3, -0.25) is 9.78 Å². The van der Waals surface area contributed by atoms with Crippen LogP contribution in [0.1, 0.15) is 28.9 Å². The van der Waals surface area contributed by atoms with Gasteiger partial charge in [0.15, 0.2) is 5.78 Å². The number of nitrogens with zero attached hydrogens (tertiary/aromatic N) is 1. The quantitative estimate of drug-likeness (QED) is 0.770. The summed E-state index contributed by atoms with van der Waals surface area (Å²) in [6.45, 7) is 2.61. The number of ketones is 1. The monoisotopic (exact) mass is 253 g/mol. The van der Waals surface area contributed by atoms with E-state index in [4.69, 9.17) is 4.74 Å². The standard InChI is InChI=1S/C16H15NO2/c1-11-9-14(13-6-2-3-7-15(13)17-11)16(18)12-5-4-8-19-10-12/h2-3,6-7,9-10H,4-5,8H2,1H3. The molecule has 1 aliphatic heterocycles. The zero-order chi connectivity index (χ0) is 13.2. The third-order valence-corrected chi connectivity index (χ3v) is 3.31. The van der Waals surface area contributed by atoms with E-state index in [-0.39, 0.29) is 5.78 Å². The molecule has 0 fully saturated rings. The molecule has 0 aliphatic carbocycles. The minimum Gasteiger partial charge on any atom is -0.501 e. The van der Waals surface area contributed by atoms with Crippen LogP contribution in [0.5, 0.6) is 0 Å². The number of fused-ring (bicyclic) bond motifs is 1. The van der Waals surface area contributed by atoms with E-state index in [0.717, 1.165) is 40.6 Å². The van der Waals surface area contributed by atoms with Crippen LogP contribution in [-0.4, -0.2) is 17.4 Å². The molecule has 0 saturated heterocycles. The molecule has 1 aromatic heterocycles. The predicted octanol–water partition coefficient (Wildman–Crippen LogP) is 3.42. The molecule has 3 rings (SSSR count).